The van der Waals surface area contributed by atoms with Crippen LogP contribution in [-0.4, -0.2) is 51.6 Å². The van der Waals surface area contributed by atoms with Crippen LogP contribution in [0.1, 0.15) is 86.7 Å². The van der Waals surface area contributed by atoms with Gasteiger partial charge in [-0.05, 0) is 117 Å². The van der Waals surface area contributed by atoms with Gasteiger partial charge in [0, 0.05) is 34.3 Å². The Morgan fingerprint density at radius 3 is 2.75 bits per heavy atom. The second-order valence-electron chi connectivity index (χ2n) is 13.9. The zero-order valence-electron chi connectivity index (χ0n) is 25.8. The van der Waals surface area contributed by atoms with Crippen molar-refractivity contribution in [3.8, 4) is 11.8 Å². The van der Waals surface area contributed by atoms with E-state index < -0.39 is 21.2 Å². The quantitative estimate of drug-likeness (QED) is 0.369. The van der Waals surface area contributed by atoms with E-state index in [0.717, 1.165) is 49.2 Å². The average Bonchev–Trinajstić information content (AvgIpc) is 3.11. The van der Waals surface area contributed by atoms with Gasteiger partial charge in [-0.3, -0.25) is 9.52 Å². The molecule has 236 valence electrons. The number of carbonyl (C=O) groups is 1. The SMILES string of the molecule is C=S1(=O)NC(=O)c2ccc3c(c2)N(C[C@@H]2CC[C@H]2[C@@](O)(CC#N)CCC[C@H](C)[C@H]1C)C[C@@]1(CCCc2cc(Cl)ccc21)CO3. The van der Waals surface area contributed by atoms with Crippen molar-refractivity contribution >= 4 is 38.8 Å². The van der Waals surface area contributed by atoms with E-state index in [-0.39, 0.29) is 34.8 Å². The summed E-state index contributed by atoms with van der Waals surface area (Å²) >= 11 is 6.42. The lowest BCUT2D eigenvalue weighted by atomic mass is 9.62. The minimum absolute atomic E-state index is 0.00681. The van der Waals surface area contributed by atoms with Gasteiger partial charge in [-0.15, -0.1) is 0 Å². The Labute approximate surface area is 267 Å². The van der Waals surface area contributed by atoms with Crippen LogP contribution in [-0.2, 0) is 21.5 Å². The lowest BCUT2D eigenvalue weighted by molar-refractivity contribution is -0.0851. The number of nitrogens with one attached hydrogen (secondary N) is 1. The molecule has 4 aliphatic rings. The fourth-order valence-electron chi connectivity index (χ4n) is 8.22. The van der Waals surface area contributed by atoms with Gasteiger partial charge in [0.1, 0.15) is 5.75 Å². The molecule has 0 radical (unpaired) electrons. The second kappa shape index (κ2) is 11.9. The van der Waals surface area contributed by atoms with E-state index in [0.29, 0.717) is 43.9 Å². The number of hydrogen-bond acceptors (Lipinski definition) is 6. The second-order valence-corrected chi connectivity index (χ2v) is 16.7. The highest BCUT2D eigenvalue weighted by Gasteiger charge is 2.48. The van der Waals surface area contributed by atoms with Crippen molar-refractivity contribution in [1.29, 1.82) is 5.26 Å². The smallest absolute Gasteiger partial charge is 0.262 e. The molecule has 2 aromatic carbocycles. The third kappa shape index (κ3) is 5.72. The van der Waals surface area contributed by atoms with E-state index in [1.807, 2.05) is 32.0 Å². The van der Waals surface area contributed by atoms with Crippen LogP contribution in [0.3, 0.4) is 0 Å². The third-order valence-electron chi connectivity index (χ3n) is 11.2. The molecule has 2 aromatic rings. The summed E-state index contributed by atoms with van der Waals surface area (Å²) in [5.74, 6) is 4.49. The molecule has 1 unspecified atom stereocenters. The lowest BCUT2D eigenvalue weighted by Gasteiger charge is -2.49. The number of benzene rings is 2. The number of aryl methyl sites for hydroxylation is 1. The fourth-order valence-corrected chi connectivity index (χ4v) is 9.92. The Hall–Kier alpha value is -2.73. The maximum absolute atomic E-state index is 13.7. The van der Waals surface area contributed by atoms with Crippen LogP contribution in [0.2, 0.25) is 5.02 Å². The molecule has 9 heteroatoms. The number of aliphatic hydroxyl groups is 1. The summed E-state index contributed by atoms with van der Waals surface area (Å²) in [6, 6.07) is 13.9. The highest BCUT2D eigenvalue weighted by atomic mass is 35.5. The normalized spacial score (nSPS) is 35.6. The monoisotopic (exact) mass is 637 g/mol. The van der Waals surface area contributed by atoms with Crippen molar-refractivity contribution in [2.45, 2.75) is 87.9 Å². The van der Waals surface area contributed by atoms with E-state index >= 15 is 0 Å². The van der Waals surface area contributed by atoms with Crippen LogP contribution in [0.25, 0.3) is 0 Å². The first kappa shape index (κ1) is 31.3. The van der Waals surface area contributed by atoms with Gasteiger partial charge in [-0.1, -0.05) is 31.0 Å². The van der Waals surface area contributed by atoms with Crippen molar-refractivity contribution in [2.24, 2.45) is 17.8 Å². The molecule has 2 aliphatic carbocycles. The standard InChI is InChI=1S/C35H44ClN3O4S/c1-23-6-4-15-35(41,16-17-37)30-11-8-27(30)20-39-21-34(14-5-7-25-18-28(36)10-12-29(25)34)22-43-32-13-9-26(19-31(32)39)33(40)38-44(3,42)24(23)2/h9-10,12-13,18-19,23-24,27,30,41H,3-8,11,14-16,20-22H2,1-2H3,(H,38,40,42)/t23-,24+,27-,30+,34-,35-,44?/m0/s1. The van der Waals surface area contributed by atoms with E-state index in [9.17, 15) is 19.4 Å². The number of amides is 1. The van der Waals surface area contributed by atoms with Gasteiger partial charge >= 0.3 is 0 Å². The van der Waals surface area contributed by atoms with Crippen LogP contribution >= 0.6 is 11.6 Å². The molecule has 7 atom stereocenters. The highest BCUT2D eigenvalue weighted by Crippen LogP contribution is 2.49. The van der Waals surface area contributed by atoms with Crippen molar-refractivity contribution < 1.29 is 18.8 Å². The Morgan fingerprint density at radius 2 is 2.00 bits per heavy atom. The van der Waals surface area contributed by atoms with Crippen LogP contribution in [0.4, 0.5) is 5.69 Å². The third-order valence-corrected chi connectivity index (χ3v) is 13.6. The number of rotatable bonds is 1. The van der Waals surface area contributed by atoms with Crippen LogP contribution in [0.5, 0.6) is 5.75 Å². The minimum atomic E-state index is -2.95. The number of nitriles is 1. The predicted octanol–water partition coefficient (Wildman–Crippen LogP) is 6.05. The topological polar surface area (TPSA) is 103 Å². The first-order chi connectivity index (χ1) is 20.9. The highest BCUT2D eigenvalue weighted by molar-refractivity contribution is 7.99. The van der Waals surface area contributed by atoms with Gasteiger partial charge in [0.05, 0.1) is 40.1 Å². The van der Waals surface area contributed by atoms with Gasteiger partial charge < -0.3 is 14.7 Å². The molecule has 2 aliphatic heterocycles. The van der Waals surface area contributed by atoms with Crippen LogP contribution in [0.15, 0.2) is 36.4 Å². The summed E-state index contributed by atoms with van der Waals surface area (Å²) in [7, 11) is -2.95. The van der Waals surface area contributed by atoms with E-state index in [4.69, 9.17) is 16.3 Å². The zero-order valence-corrected chi connectivity index (χ0v) is 27.4. The van der Waals surface area contributed by atoms with Crippen LogP contribution < -0.4 is 14.4 Å². The lowest BCUT2D eigenvalue weighted by Crippen LogP contribution is -2.53. The van der Waals surface area contributed by atoms with Gasteiger partial charge in [-0.25, -0.2) is 4.21 Å². The maximum Gasteiger partial charge on any atom is 0.262 e. The Morgan fingerprint density at radius 1 is 1.18 bits per heavy atom. The fraction of sp³-hybridized carbons (Fsp3) is 0.571. The van der Waals surface area contributed by atoms with Crippen LogP contribution in [0, 0.1) is 29.1 Å². The maximum atomic E-state index is 13.7. The molecule has 0 aromatic heterocycles. The molecule has 2 N–H and O–H groups in total. The first-order valence-electron chi connectivity index (χ1n) is 16.0. The molecule has 2 bridgehead atoms. The summed E-state index contributed by atoms with van der Waals surface area (Å²) < 4.78 is 23.1. The van der Waals surface area contributed by atoms with E-state index in [1.165, 1.54) is 11.1 Å². The van der Waals surface area contributed by atoms with Gasteiger partial charge in [-0.2, -0.15) is 5.26 Å². The number of halogens is 1. The van der Waals surface area contributed by atoms with Crippen molar-refractivity contribution in [2.75, 3.05) is 24.6 Å². The number of carbonyl (C=O) groups excluding carboxylic acids is 1. The molecule has 2 heterocycles. The number of nitrogens with zero attached hydrogens (tertiary/aromatic N) is 2. The minimum Gasteiger partial charge on any atom is -0.490 e. The summed E-state index contributed by atoms with van der Waals surface area (Å²) in [6.07, 6.45) is 6.87. The number of anilines is 1. The Balaban J connectivity index is 1.44. The first-order valence-corrected chi connectivity index (χ1v) is 18.2. The van der Waals surface area contributed by atoms with Crippen molar-refractivity contribution in [3.63, 3.8) is 0 Å². The Bertz CT molecular complexity index is 1590. The molecule has 1 fully saturated rings. The summed E-state index contributed by atoms with van der Waals surface area (Å²) in [5, 5.41) is 22.1. The Kier molecular flexibility index (Phi) is 8.45. The zero-order chi connectivity index (χ0) is 31.3. The molecular weight excluding hydrogens is 594 g/mol. The summed E-state index contributed by atoms with van der Waals surface area (Å²) in [4.78, 5) is 15.9. The predicted molar refractivity (Wildman–Crippen MR) is 177 cm³/mol. The molecule has 6 rings (SSSR count). The van der Waals surface area contributed by atoms with Crippen molar-refractivity contribution in [1.82, 2.24) is 4.72 Å². The summed E-state index contributed by atoms with van der Waals surface area (Å²) in [6.45, 7) is 5.77. The molecule has 1 spiro atoms. The van der Waals surface area contributed by atoms with E-state index in [2.05, 4.69) is 33.7 Å². The van der Waals surface area contributed by atoms with Gasteiger partial charge in [0.25, 0.3) is 5.91 Å². The molecule has 44 heavy (non-hydrogen) atoms. The van der Waals surface area contributed by atoms with Gasteiger partial charge in [0.15, 0.2) is 0 Å². The molecule has 7 nitrogen and oxygen atoms in total. The number of fused-ring (bicyclic) bond motifs is 4. The number of ether oxygens (including phenoxy) is 1. The molecule has 0 saturated heterocycles. The van der Waals surface area contributed by atoms with Gasteiger partial charge in [0.2, 0.25) is 0 Å². The average molecular weight is 638 g/mol. The molecule has 1 saturated carbocycles. The largest absolute Gasteiger partial charge is 0.490 e. The van der Waals surface area contributed by atoms with E-state index in [1.54, 1.807) is 6.07 Å². The molecule has 1 amide bonds. The number of hydrogen-bond donors (Lipinski definition) is 2. The summed E-state index contributed by atoms with van der Waals surface area (Å²) in [5.41, 5.74) is 2.42. The molecular formula is C35H44ClN3O4S. The van der Waals surface area contributed by atoms with Crippen molar-refractivity contribution in [3.05, 3.63) is 58.1 Å².